The van der Waals surface area contributed by atoms with Gasteiger partial charge in [-0.05, 0) is 17.7 Å². The fraction of sp³-hybridized carbons (Fsp3) is 0.222. The highest BCUT2D eigenvalue weighted by Crippen LogP contribution is 2.24. The molecule has 0 bridgehead atoms. The zero-order chi connectivity index (χ0) is 9.84. The van der Waals surface area contributed by atoms with E-state index in [1.807, 2.05) is 6.07 Å². The summed E-state index contributed by atoms with van der Waals surface area (Å²) in [6.45, 7) is 1.35. The molecule has 1 aromatic carbocycles. The monoisotopic (exact) mass is 262 g/mol. The Balaban J connectivity index is 2.89. The predicted octanol–water partition coefficient (Wildman–Crippen LogP) is 3.16. The molecule has 0 fully saturated rings. The first-order valence-electron chi connectivity index (χ1n) is 3.66. The van der Waals surface area contributed by atoms with Crippen molar-refractivity contribution in [3.05, 3.63) is 28.8 Å². The highest BCUT2D eigenvalue weighted by molar-refractivity contribution is 9.08. The number of halogens is 2. The normalized spacial score (nSPS) is 9.77. The molecular formula is C9H8BrClO2. The summed E-state index contributed by atoms with van der Waals surface area (Å²) in [5.41, 5.74) is 0.970. The maximum atomic E-state index is 10.6. The van der Waals surface area contributed by atoms with Gasteiger partial charge in [0.05, 0.1) is 0 Å². The SMILES string of the molecule is CC(=O)Oc1ccc(CBr)c(Cl)c1. The number of hydrogen-bond donors (Lipinski definition) is 0. The number of carbonyl (C=O) groups is 1. The summed E-state index contributed by atoms with van der Waals surface area (Å²) in [4.78, 5) is 10.6. The molecule has 0 spiro atoms. The van der Waals surface area contributed by atoms with Crippen molar-refractivity contribution >= 4 is 33.5 Å². The van der Waals surface area contributed by atoms with Crippen LogP contribution >= 0.6 is 27.5 Å². The second-order valence-corrected chi connectivity index (χ2v) is 3.45. The molecule has 1 rings (SSSR count). The molecule has 0 heterocycles. The van der Waals surface area contributed by atoms with Gasteiger partial charge in [-0.3, -0.25) is 4.79 Å². The van der Waals surface area contributed by atoms with E-state index in [2.05, 4.69) is 15.9 Å². The maximum Gasteiger partial charge on any atom is 0.308 e. The minimum Gasteiger partial charge on any atom is -0.427 e. The molecular weight excluding hydrogens is 255 g/mol. The van der Waals surface area contributed by atoms with Crippen LogP contribution in [0.25, 0.3) is 0 Å². The highest BCUT2D eigenvalue weighted by Gasteiger charge is 2.02. The van der Waals surface area contributed by atoms with Crippen LogP contribution in [0.2, 0.25) is 5.02 Å². The van der Waals surface area contributed by atoms with E-state index in [4.69, 9.17) is 16.3 Å². The number of esters is 1. The second-order valence-electron chi connectivity index (χ2n) is 2.48. The van der Waals surface area contributed by atoms with Gasteiger partial charge in [0.25, 0.3) is 0 Å². The Hall–Kier alpha value is -0.540. The lowest BCUT2D eigenvalue weighted by molar-refractivity contribution is -0.131. The van der Waals surface area contributed by atoms with Gasteiger partial charge >= 0.3 is 5.97 Å². The van der Waals surface area contributed by atoms with E-state index in [-0.39, 0.29) is 5.97 Å². The number of alkyl halides is 1. The zero-order valence-electron chi connectivity index (χ0n) is 7.01. The fourth-order valence-electron chi connectivity index (χ4n) is 0.866. The van der Waals surface area contributed by atoms with Gasteiger partial charge in [0, 0.05) is 17.3 Å². The average Bonchev–Trinajstić information content (AvgIpc) is 2.03. The van der Waals surface area contributed by atoms with Gasteiger partial charge in [0.1, 0.15) is 5.75 Å². The third-order valence-electron chi connectivity index (χ3n) is 1.43. The van der Waals surface area contributed by atoms with Gasteiger partial charge in [0.2, 0.25) is 0 Å². The molecule has 2 nitrogen and oxygen atoms in total. The Bertz CT molecular complexity index is 325. The Morgan fingerprint density at radius 2 is 2.31 bits per heavy atom. The van der Waals surface area contributed by atoms with Crippen LogP contribution < -0.4 is 4.74 Å². The van der Waals surface area contributed by atoms with Crippen molar-refractivity contribution < 1.29 is 9.53 Å². The van der Waals surface area contributed by atoms with Crippen LogP contribution in [0.3, 0.4) is 0 Å². The summed E-state index contributed by atoms with van der Waals surface area (Å²) in [6.07, 6.45) is 0. The second kappa shape index (κ2) is 4.63. The molecule has 0 N–H and O–H groups in total. The molecule has 13 heavy (non-hydrogen) atoms. The molecule has 1 aromatic rings. The Morgan fingerprint density at radius 1 is 1.62 bits per heavy atom. The first kappa shape index (κ1) is 10.5. The largest absolute Gasteiger partial charge is 0.427 e. The Labute approximate surface area is 90.0 Å². The first-order valence-corrected chi connectivity index (χ1v) is 5.16. The van der Waals surface area contributed by atoms with Crippen LogP contribution in [-0.2, 0) is 10.1 Å². The molecule has 4 heteroatoms. The third kappa shape index (κ3) is 3.01. The summed E-state index contributed by atoms with van der Waals surface area (Å²) in [5, 5.41) is 1.28. The molecule has 0 saturated carbocycles. The van der Waals surface area contributed by atoms with Crippen molar-refractivity contribution in [1.29, 1.82) is 0 Å². The van der Waals surface area contributed by atoms with Crippen LogP contribution in [0.15, 0.2) is 18.2 Å². The standard InChI is InChI=1S/C9H8BrClO2/c1-6(12)13-8-3-2-7(5-10)9(11)4-8/h2-4H,5H2,1H3. The minimum atomic E-state index is -0.345. The quantitative estimate of drug-likeness (QED) is 0.465. The van der Waals surface area contributed by atoms with Gasteiger partial charge in [-0.25, -0.2) is 0 Å². The van der Waals surface area contributed by atoms with Gasteiger partial charge in [-0.15, -0.1) is 0 Å². The number of hydrogen-bond acceptors (Lipinski definition) is 2. The van der Waals surface area contributed by atoms with E-state index in [1.165, 1.54) is 6.92 Å². The molecule has 0 aromatic heterocycles. The van der Waals surface area contributed by atoms with E-state index >= 15 is 0 Å². The van der Waals surface area contributed by atoms with Crippen molar-refractivity contribution in [2.75, 3.05) is 0 Å². The molecule has 0 unspecified atom stereocenters. The molecule has 0 saturated heterocycles. The number of benzene rings is 1. The van der Waals surface area contributed by atoms with Crippen LogP contribution in [0.1, 0.15) is 12.5 Å². The molecule has 0 radical (unpaired) electrons. The van der Waals surface area contributed by atoms with Crippen molar-refractivity contribution in [3.63, 3.8) is 0 Å². The summed E-state index contributed by atoms with van der Waals surface area (Å²) in [7, 11) is 0. The van der Waals surface area contributed by atoms with Crippen LogP contribution in [0, 0.1) is 0 Å². The smallest absolute Gasteiger partial charge is 0.308 e. The fourth-order valence-corrected chi connectivity index (χ4v) is 1.75. The van der Waals surface area contributed by atoms with Crippen molar-refractivity contribution in [1.82, 2.24) is 0 Å². The molecule has 0 aliphatic heterocycles. The van der Waals surface area contributed by atoms with Crippen LogP contribution in [-0.4, -0.2) is 5.97 Å². The number of ether oxygens (including phenoxy) is 1. The Morgan fingerprint density at radius 3 is 2.77 bits per heavy atom. The molecule has 0 aliphatic carbocycles. The van der Waals surface area contributed by atoms with E-state index in [1.54, 1.807) is 12.1 Å². The molecule has 0 aliphatic rings. The topological polar surface area (TPSA) is 26.3 Å². The van der Waals surface area contributed by atoms with Gasteiger partial charge in [0.15, 0.2) is 0 Å². The minimum absolute atomic E-state index is 0.345. The van der Waals surface area contributed by atoms with Crippen molar-refractivity contribution in [3.8, 4) is 5.75 Å². The van der Waals surface area contributed by atoms with Crippen LogP contribution in [0.4, 0.5) is 0 Å². The highest BCUT2D eigenvalue weighted by atomic mass is 79.9. The molecule has 0 atom stereocenters. The van der Waals surface area contributed by atoms with Crippen LogP contribution in [0.5, 0.6) is 5.75 Å². The van der Waals surface area contributed by atoms with Gasteiger partial charge in [-0.1, -0.05) is 33.6 Å². The third-order valence-corrected chi connectivity index (χ3v) is 2.39. The lowest BCUT2D eigenvalue weighted by Crippen LogP contribution is -2.01. The van der Waals surface area contributed by atoms with Crippen molar-refractivity contribution in [2.24, 2.45) is 0 Å². The molecule has 70 valence electrons. The Kier molecular flexibility index (Phi) is 3.75. The number of carbonyl (C=O) groups excluding carboxylic acids is 1. The van der Waals surface area contributed by atoms with Gasteiger partial charge < -0.3 is 4.74 Å². The lowest BCUT2D eigenvalue weighted by atomic mass is 10.2. The zero-order valence-corrected chi connectivity index (χ0v) is 9.35. The number of rotatable bonds is 2. The summed E-state index contributed by atoms with van der Waals surface area (Å²) < 4.78 is 4.86. The van der Waals surface area contributed by atoms with Crippen molar-refractivity contribution in [2.45, 2.75) is 12.3 Å². The average molecular weight is 264 g/mol. The lowest BCUT2D eigenvalue weighted by Gasteiger charge is -2.03. The summed E-state index contributed by atoms with van der Waals surface area (Å²) >= 11 is 9.18. The summed E-state index contributed by atoms with van der Waals surface area (Å²) in [5.74, 6) is 0.129. The molecule has 0 amide bonds. The summed E-state index contributed by atoms with van der Waals surface area (Å²) in [6, 6.07) is 5.15. The van der Waals surface area contributed by atoms with E-state index in [0.29, 0.717) is 16.1 Å². The van der Waals surface area contributed by atoms with E-state index in [9.17, 15) is 4.79 Å². The van der Waals surface area contributed by atoms with Gasteiger partial charge in [-0.2, -0.15) is 0 Å². The first-order chi connectivity index (χ1) is 6.13. The predicted molar refractivity (Wildman–Crippen MR) is 55.4 cm³/mol. The van der Waals surface area contributed by atoms with E-state index < -0.39 is 0 Å². The van der Waals surface area contributed by atoms with E-state index in [0.717, 1.165) is 5.56 Å². The maximum absolute atomic E-state index is 10.6.